The van der Waals surface area contributed by atoms with Gasteiger partial charge in [-0.1, -0.05) is 12.1 Å². The molecule has 1 saturated heterocycles. The van der Waals surface area contributed by atoms with Crippen LogP contribution in [0.25, 0.3) is 0 Å². The molecule has 8 nitrogen and oxygen atoms in total. The fourth-order valence-electron chi connectivity index (χ4n) is 2.93. The molecule has 27 heavy (non-hydrogen) atoms. The first-order valence-electron chi connectivity index (χ1n) is 8.72. The van der Waals surface area contributed by atoms with Gasteiger partial charge in [0.25, 0.3) is 5.91 Å². The number of furan rings is 1. The molecule has 2 aromatic rings. The maximum atomic E-state index is 12.2. The number of benzene rings is 1. The minimum Gasteiger partial charge on any atom is -0.481 e. The molecule has 1 aliphatic rings. The number of carboxylic acids is 1. The van der Waals surface area contributed by atoms with E-state index in [0.29, 0.717) is 38.2 Å². The summed E-state index contributed by atoms with van der Waals surface area (Å²) in [6, 6.07) is 10.2. The SMILES string of the molecule is O=C(Nc1ccc(CNC(=O)N2CCC(C(=O)O)CC2)cc1)c1ccco1. The predicted octanol–water partition coefficient (Wildman–Crippen LogP) is 2.54. The summed E-state index contributed by atoms with van der Waals surface area (Å²) in [7, 11) is 0. The molecular weight excluding hydrogens is 350 g/mol. The predicted molar refractivity (Wildman–Crippen MR) is 97.3 cm³/mol. The van der Waals surface area contributed by atoms with Crippen LogP contribution in [0.5, 0.6) is 0 Å². The van der Waals surface area contributed by atoms with E-state index in [1.165, 1.54) is 6.26 Å². The summed E-state index contributed by atoms with van der Waals surface area (Å²) < 4.78 is 5.04. The number of hydrogen-bond acceptors (Lipinski definition) is 4. The number of aliphatic carboxylic acids is 1. The Balaban J connectivity index is 1.45. The quantitative estimate of drug-likeness (QED) is 0.748. The number of anilines is 1. The van der Waals surface area contributed by atoms with Gasteiger partial charge >= 0.3 is 12.0 Å². The molecule has 142 valence electrons. The largest absolute Gasteiger partial charge is 0.481 e. The number of hydrogen-bond donors (Lipinski definition) is 3. The smallest absolute Gasteiger partial charge is 0.317 e. The van der Waals surface area contributed by atoms with E-state index in [1.54, 1.807) is 29.2 Å². The number of nitrogens with zero attached hydrogens (tertiary/aromatic N) is 1. The van der Waals surface area contributed by atoms with Crippen molar-refractivity contribution in [3.8, 4) is 0 Å². The highest BCUT2D eigenvalue weighted by Gasteiger charge is 2.26. The number of piperidine rings is 1. The first-order chi connectivity index (χ1) is 13.0. The Morgan fingerprint density at radius 1 is 1.11 bits per heavy atom. The first kappa shape index (κ1) is 18.5. The number of likely N-dealkylation sites (tertiary alicyclic amines) is 1. The van der Waals surface area contributed by atoms with E-state index in [-0.39, 0.29) is 23.6 Å². The van der Waals surface area contributed by atoms with E-state index in [4.69, 9.17) is 9.52 Å². The van der Waals surface area contributed by atoms with E-state index in [9.17, 15) is 14.4 Å². The summed E-state index contributed by atoms with van der Waals surface area (Å²) in [6.45, 7) is 1.24. The summed E-state index contributed by atoms with van der Waals surface area (Å²) >= 11 is 0. The Hall–Kier alpha value is -3.29. The van der Waals surface area contributed by atoms with Gasteiger partial charge in [-0.15, -0.1) is 0 Å². The van der Waals surface area contributed by atoms with Gasteiger partial charge in [-0.2, -0.15) is 0 Å². The van der Waals surface area contributed by atoms with Crippen molar-refractivity contribution in [3.05, 3.63) is 54.0 Å². The van der Waals surface area contributed by atoms with Gasteiger partial charge in [0.2, 0.25) is 0 Å². The lowest BCUT2D eigenvalue weighted by Crippen LogP contribution is -2.45. The van der Waals surface area contributed by atoms with Crippen molar-refractivity contribution in [3.63, 3.8) is 0 Å². The monoisotopic (exact) mass is 371 g/mol. The summed E-state index contributed by atoms with van der Waals surface area (Å²) in [5, 5.41) is 14.6. The van der Waals surface area contributed by atoms with Crippen LogP contribution in [0.15, 0.2) is 47.1 Å². The molecule has 0 spiro atoms. The van der Waals surface area contributed by atoms with Crippen LogP contribution in [0.4, 0.5) is 10.5 Å². The number of rotatable bonds is 5. The van der Waals surface area contributed by atoms with Crippen LogP contribution >= 0.6 is 0 Å². The van der Waals surface area contributed by atoms with Gasteiger partial charge < -0.3 is 25.1 Å². The van der Waals surface area contributed by atoms with Crippen molar-refractivity contribution in [1.29, 1.82) is 0 Å². The zero-order valence-electron chi connectivity index (χ0n) is 14.7. The van der Waals surface area contributed by atoms with Gasteiger partial charge in [0, 0.05) is 25.3 Å². The van der Waals surface area contributed by atoms with Crippen LogP contribution in [-0.2, 0) is 11.3 Å². The Morgan fingerprint density at radius 2 is 1.81 bits per heavy atom. The molecule has 2 heterocycles. The Labute approximate surface area is 156 Å². The average molecular weight is 371 g/mol. The van der Waals surface area contributed by atoms with E-state index in [2.05, 4.69) is 10.6 Å². The zero-order valence-corrected chi connectivity index (χ0v) is 14.7. The summed E-state index contributed by atoms with van der Waals surface area (Å²) in [4.78, 5) is 36.7. The first-order valence-corrected chi connectivity index (χ1v) is 8.72. The summed E-state index contributed by atoms with van der Waals surface area (Å²) in [6.07, 6.45) is 2.39. The Morgan fingerprint density at radius 3 is 2.41 bits per heavy atom. The molecule has 0 saturated carbocycles. The van der Waals surface area contributed by atoms with Crippen molar-refractivity contribution in [2.75, 3.05) is 18.4 Å². The number of nitrogens with one attached hydrogen (secondary N) is 2. The zero-order chi connectivity index (χ0) is 19.2. The summed E-state index contributed by atoms with van der Waals surface area (Å²) in [5.41, 5.74) is 1.52. The lowest BCUT2D eigenvalue weighted by atomic mass is 9.97. The van der Waals surface area contributed by atoms with E-state index in [1.807, 2.05) is 12.1 Å². The molecule has 0 atom stereocenters. The highest BCUT2D eigenvalue weighted by Crippen LogP contribution is 2.17. The minimum absolute atomic E-state index is 0.200. The van der Waals surface area contributed by atoms with Crippen LogP contribution in [0.1, 0.15) is 29.0 Å². The third-order valence-electron chi connectivity index (χ3n) is 4.53. The molecule has 1 fully saturated rings. The highest BCUT2D eigenvalue weighted by atomic mass is 16.4. The molecule has 3 amide bonds. The van der Waals surface area contributed by atoms with Crippen molar-refractivity contribution in [1.82, 2.24) is 10.2 Å². The second kappa shape index (κ2) is 8.39. The van der Waals surface area contributed by atoms with Gasteiger partial charge in [-0.25, -0.2) is 4.79 Å². The molecule has 0 unspecified atom stereocenters. The van der Waals surface area contributed by atoms with Crippen molar-refractivity contribution >= 4 is 23.6 Å². The molecule has 0 aliphatic carbocycles. The number of amides is 3. The molecular formula is C19H21N3O5. The standard InChI is InChI=1S/C19H21N3O5/c23-17(16-2-1-11-27-16)21-15-5-3-13(4-6-15)12-20-19(26)22-9-7-14(8-10-22)18(24)25/h1-6,11,14H,7-10,12H2,(H,20,26)(H,21,23)(H,24,25). The van der Waals surface area contributed by atoms with E-state index in [0.717, 1.165) is 5.56 Å². The topological polar surface area (TPSA) is 112 Å². The second-order valence-electron chi connectivity index (χ2n) is 6.39. The third-order valence-corrected chi connectivity index (χ3v) is 4.53. The fourth-order valence-corrected chi connectivity index (χ4v) is 2.93. The number of urea groups is 1. The lowest BCUT2D eigenvalue weighted by Gasteiger charge is -2.30. The molecule has 1 aliphatic heterocycles. The maximum Gasteiger partial charge on any atom is 0.317 e. The van der Waals surface area contributed by atoms with Crippen LogP contribution in [0.2, 0.25) is 0 Å². The average Bonchev–Trinajstić information content (AvgIpc) is 3.22. The van der Waals surface area contributed by atoms with Crippen molar-refractivity contribution in [2.45, 2.75) is 19.4 Å². The molecule has 0 radical (unpaired) electrons. The van der Waals surface area contributed by atoms with Gasteiger partial charge in [-0.05, 0) is 42.7 Å². The van der Waals surface area contributed by atoms with E-state index >= 15 is 0 Å². The fraction of sp³-hybridized carbons (Fsp3) is 0.316. The highest BCUT2D eigenvalue weighted by molar-refractivity contribution is 6.02. The number of carbonyl (C=O) groups is 3. The summed E-state index contributed by atoms with van der Waals surface area (Å²) in [5.74, 6) is -1.25. The number of carbonyl (C=O) groups excluding carboxylic acids is 2. The molecule has 0 bridgehead atoms. The minimum atomic E-state index is -0.797. The lowest BCUT2D eigenvalue weighted by molar-refractivity contribution is -0.143. The van der Waals surface area contributed by atoms with Crippen LogP contribution < -0.4 is 10.6 Å². The number of carboxylic acid groups (broad SMARTS) is 1. The maximum absolute atomic E-state index is 12.2. The molecule has 1 aromatic carbocycles. The molecule has 8 heteroatoms. The second-order valence-corrected chi connectivity index (χ2v) is 6.39. The van der Waals surface area contributed by atoms with Gasteiger partial charge in [-0.3, -0.25) is 9.59 Å². The Kier molecular flexibility index (Phi) is 5.75. The van der Waals surface area contributed by atoms with Crippen molar-refractivity contribution in [2.24, 2.45) is 5.92 Å². The van der Waals surface area contributed by atoms with Gasteiger partial charge in [0.05, 0.1) is 12.2 Å². The van der Waals surface area contributed by atoms with Crippen LogP contribution in [0.3, 0.4) is 0 Å². The molecule has 3 N–H and O–H groups in total. The Bertz CT molecular complexity index is 793. The van der Waals surface area contributed by atoms with Crippen LogP contribution in [0, 0.1) is 5.92 Å². The molecule has 3 rings (SSSR count). The normalized spacial score (nSPS) is 14.6. The molecule has 1 aromatic heterocycles. The third kappa shape index (κ3) is 4.87. The van der Waals surface area contributed by atoms with Gasteiger partial charge in [0.1, 0.15) is 0 Å². The van der Waals surface area contributed by atoms with Crippen molar-refractivity contribution < 1.29 is 23.9 Å². The van der Waals surface area contributed by atoms with E-state index < -0.39 is 5.97 Å². The van der Waals surface area contributed by atoms with Gasteiger partial charge in [0.15, 0.2) is 5.76 Å². The van der Waals surface area contributed by atoms with Crippen LogP contribution in [-0.4, -0.2) is 41.0 Å².